The van der Waals surface area contributed by atoms with Crippen molar-refractivity contribution in [2.45, 2.75) is 52.6 Å². The fourth-order valence-corrected chi connectivity index (χ4v) is 1.94. The highest BCUT2D eigenvalue weighted by molar-refractivity contribution is 5.75. The van der Waals surface area contributed by atoms with Gasteiger partial charge in [-0.05, 0) is 49.8 Å². The zero-order chi connectivity index (χ0) is 11.3. The second kappa shape index (κ2) is 7.50. The minimum atomic E-state index is 0. The maximum absolute atomic E-state index is 2.53. The maximum Gasteiger partial charge on any atom is 0.0371 e. The van der Waals surface area contributed by atoms with Crippen molar-refractivity contribution in [2.24, 2.45) is 0 Å². The smallest absolute Gasteiger partial charge is 0.0371 e. The Bertz CT molecular complexity index is 263. The summed E-state index contributed by atoms with van der Waals surface area (Å²) in [7, 11) is 0. The molecule has 0 saturated carbocycles. The summed E-state index contributed by atoms with van der Waals surface area (Å²) in [6.07, 6.45) is 2.39. The molecule has 0 aromatic heterocycles. The van der Waals surface area contributed by atoms with Crippen LogP contribution in [0.15, 0.2) is 30.3 Å². The Morgan fingerprint density at radius 2 is 1.38 bits per heavy atom. The molecular weight excluding hydrogens is 210 g/mol. The van der Waals surface area contributed by atoms with E-state index in [1.165, 1.54) is 18.5 Å². The van der Waals surface area contributed by atoms with E-state index >= 15 is 0 Å². The van der Waals surface area contributed by atoms with E-state index < -0.39 is 0 Å². The van der Waals surface area contributed by atoms with E-state index in [1.807, 2.05) is 0 Å². The van der Waals surface area contributed by atoms with E-state index in [-0.39, 0.29) is 11.0 Å². The minimum Gasteiger partial charge on any atom is -0.366 e. The lowest BCUT2D eigenvalue weighted by molar-refractivity contribution is 0.527. The van der Waals surface area contributed by atoms with Gasteiger partial charge in [0.15, 0.2) is 0 Å². The molecule has 0 aliphatic rings. The van der Waals surface area contributed by atoms with Gasteiger partial charge in [-0.1, -0.05) is 32.0 Å². The van der Waals surface area contributed by atoms with Gasteiger partial charge in [-0.15, -0.1) is 0 Å². The summed E-state index contributed by atoms with van der Waals surface area (Å²) < 4.78 is 0. The number of rotatable bonds is 5. The first kappa shape index (κ1) is 15.2. The predicted octanol–water partition coefficient (Wildman–Crippen LogP) is 2.64. The number of anilines is 1. The van der Waals surface area contributed by atoms with Crippen molar-refractivity contribution in [3.8, 4) is 0 Å². The van der Waals surface area contributed by atoms with Gasteiger partial charge >= 0.3 is 0 Å². The average Bonchev–Trinajstić information content (AvgIpc) is 2.30. The van der Waals surface area contributed by atoms with Gasteiger partial charge in [0.2, 0.25) is 0 Å². The van der Waals surface area contributed by atoms with E-state index in [4.69, 9.17) is 0 Å². The summed E-state index contributed by atoms with van der Waals surface area (Å²) in [5.74, 6) is 0. The first-order chi connectivity index (χ1) is 7.20. The second-order valence-corrected chi connectivity index (χ2v) is 4.26. The average molecular weight is 237 g/mol. The van der Waals surface area contributed by atoms with Gasteiger partial charge in [0.25, 0.3) is 0 Å². The molecule has 0 saturated heterocycles. The van der Waals surface area contributed by atoms with Crippen LogP contribution in [-0.2, 0) is 0 Å². The Morgan fingerprint density at radius 1 is 0.938 bits per heavy atom. The fourth-order valence-electron chi connectivity index (χ4n) is 1.94. The van der Waals surface area contributed by atoms with Crippen molar-refractivity contribution in [1.82, 2.24) is 0 Å². The van der Waals surface area contributed by atoms with Crippen LogP contribution >= 0.6 is 0 Å². The van der Waals surface area contributed by atoms with Gasteiger partial charge in [0.1, 0.15) is 0 Å². The quantitative estimate of drug-likeness (QED) is 0.712. The largest absolute Gasteiger partial charge is 0.366 e. The molecule has 0 N–H and O–H groups in total. The highest BCUT2D eigenvalue weighted by atomic mass is 28.1. The molecule has 1 rings (SSSR count). The topological polar surface area (TPSA) is 3.24 Å². The standard InChI is InChI=1S/C14H23N.H4Si/c1-5-12(3)15(13(4)6-2)14-10-8-7-9-11-14;/h7-13H,5-6H2,1-4H3;1H4. The van der Waals surface area contributed by atoms with Gasteiger partial charge in [-0.25, -0.2) is 0 Å². The molecule has 2 heteroatoms. The molecule has 0 aliphatic carbocycles. The van der Waals surface area contributed by atoms with Crippen molar-refractivity contribution in [3.63, 3.8) is 0 Å². The van der Waals surface area contributed by atoms with Crippen molar-refractivity contribution in [2.75, 3.05) is 4.90 Å². The van der Waals surface area contributed by atoms with Crippen molar-refractivity contribution >= 4 is 16.7 Å². The van der Waals surface area contributed by atoms with Gasteiger partial charge < -0.3 is 4.90 Å². The third-order valence-electron chi connectivity index (χ3n) is 3.19. The molecule has 0 radical (unpaired) electrons. The highest BCUT2D eigenvalue weighted by Crippen LogP contribution is 2.22. The Labute approximate surface area is 105 Å². The summed E-state index contributed by atoms with van der Waals surface area (Å²) >= 11 is 0. The van der Waals surface area contributed by atoms with Crippen molar-refractivity contribution in [3.05, 3.63) is 30.3 Å². The molecule has 0 aliphatic heterocycles. The zero-order valence-electron chi connectivity index (χ0n) is 10.4. The Morgan fingerprint density at radius 3 is 1.75 bits per heavy atom. The molecule has 0 fully saturated rings. The van der Waals surface area contributed by atoms with E-state index in [2.05, 4.69) is 62.9 Å². The molecule has 0 amide bonds. The first-order valence-corrected chi connectivity index (χ1v) is 6.04. The van der Waals surface area contributed by atoms with Crippen LogP contribution in [0.3, 0.4) is 0 Å². The molecule has 1 aromatic carbocycles. The van der Waals surface area contributed by atoms with Crippen LogP contribution in [0.4, 0.5) is 5.69 Å². The van der Waals surface area contributed by atoms with Gasteiger partial charge in [0, 0.05) is 17.8 Å². The third-order valence-corrected chi connectivity index (χ3v) is 3.19. The molecule has 1 aromatic rings. The molecule has 1 nitrogen and oxygen atoms in total. The van der Waals surface area contributed by atoms with Crippen LogP contribution < -0.4 is 4.90 Å². The van der Waals surface area contributed by atoms with Crippen LogP contribution in [0, 0.1) is 0 Å². The van der Waals surface area contributed by atoms with Crippen LogP contribution in [0.1, 0.15) is 40.5 Å². The molecule has 2 atom stereocenters. The summed E-state index contributed by atoms with van der Waals surface area (Å²) in [5, 5.41) is 0. The van der Waals surface area contributed by atoms with Gasteiger partial charge in [0.05, 0.1) is 0 Å². The number of benzene rings is 1. The van der Waals surface area contributed by atoms with Crippen molar-refractivity contribution in [1.29, 1.82) is 0 Å². The van der Waals surface area contributed by atoms with E-state index in [0.717, 1.165) is 0 Å². The first-order valence-electron chi connectivity index (χ1n) is 6.04. The summed E-state index contributed by atoms with van der Waals surface area (Å²) in [4.78, 5) is 2.53. The SMILES string of the molecule is CCC(C)N(c1ccccc1)C(C)CC.[SiH4]. The van der Waals surface area contributed by atoms with E-state index in [0.29, 0.717) is 12.1 Å². The number of para-hydroxylation sites is 1. The summed E-state index contributed by atoms with van der Waals surface area (Å²) in [6.45, 7) is 9.12. The van der Waals surface area contributed by atoms with Gasteiger partial charge in [-0.3, -0.25) is 0 Å². The van der Waals surface area contributed by atoms with Crippen LogP contribution in [0.5, 0.6) is 0 Å². The highest BCUT2D eigenvalue weighted by Gasteiger charge is 2.17. The lowest BCUT2D eigenvalue weighted by Gasteiger charge is -2.36. The third kappa shape index (κ3) is 3.67. The Balaban J connectivity index is 0.00000225. The molecule has 2 unspecified atom stereocenters. The maximum atomic E-state index is 2.53. The zero-order valence-corrected chi connectivity index (χ0v) is 10.4. The molecule has 0 heterocycles. The predicted molar refractivity (Wildman–Crippen MR) is 79.8 cm³/mol. The minimum absolute atomic E-state index is 0. The van der Waals surface area contributed by atoms with E-state index in [9.17, 15) is 0 Å². The molecule has 0 spiro atoms. The normalized spacial score (nSPS) is 13.8. The van der Waals surface area contributed by atoms with Gasteiger partial charge in [-0.2, -0.15) is 0 Å². The Kier molecular flexibility index (Phi) is 7.14. The molecule has 92 valence electrons. The molecule has 0 bridgehead atoms. The van der Waals surface area contributed by atoms with Crippen molar-refractivity contribution < 1.29 is 0 Å². The molecule has 16 heavy (non-hydrogen) atoms. The summed E-state index contributed by atoms with van der Waals surface area (Å²) in [5.41, 5.74) is 1.35. The lowest BCUT2D eigenvalue weighted by atomic mass is 10.1. The monoisotopic (exact) mass is 237 g/mol. The summed E-state index contributed by atoms with van der Waals surface area (Å²) in [6, 6.07) is 12.0. The second-order valence-electron chi connectivity index (χ2n) is 4.26. The Hall–Kier alpha value is -0.763. The fraction of sp³-hybridized carbons (Fsp3) is 0.571. The van der Waals surface area contributed by atoms with Crippen LogP contribution in [-0.4, -0.2) is 23.0 Å². The van der Waals surface area contributed by atoms with Crippen LogP contribution in [0.2, 0.25) is 0 Å². The molecular formula is C14H27NSi. The van der Waals surface area contributed by atoms with Crippen LogP contribution in [0.25, 0.3) is 0 Å². The number of nitrogens with zero attached hydrogens (tertiary/aromatic N) is 1. The number of hydrogen-bond donors (Lipinski definition) is 0. The van der Waals surface area contributed by atoms with E-state index in [1.54, 1.807) is 0 Å². The lowest BCUT2D eigenvalue weighted by Crippen LogP contribution is -2.39. The number of hydrogen-bond acceptors (Lipinski definition) is 1.